The van der Waals surface area contributed by atoms with Crippen molar-refractivity contribution in [1.82, 2.24) is 4.57 Å². The van der Waals surface area contributed by atoms with Crippen LogP contribution in [0.2, 0.25) is 0 Å². The fourth-order valence-electron chi connectivity index (χ4n) is 2.69. The van der Waals surface area contributed by atoms with Gasteiger partial charge in [-0.15, -0.1) is 0 Å². The fraction of sp³-hybridized carbons (Fsp3) is 0.263. The molecule has 0 radical (unpaired) electrons. The van der Waals surface area contributed by atoms with E-state index < -0.39 is 17.4 Å². The molecule has 0 aliphatic rings. The maximum absolute atomic E-state index is 13.8. The number of allylic oxidation sites excluding steroid dienone is 1. The van der Waals surface area contributed by atoms with E-state index in [2.05, 4.69) is 0 Å². The molecule has 1 aromatic carbocycles. The Hall–Kier alpha value is -2.74. The number of halogens is 2. The van der Waals surface area contributed by atoms with Crippen molar-refractivity contribution in [3.05, 3.63) is 64.0 Å². The lowest BCUT2D eigenvalue weighted by molar-refractivity contribution is 0.103. The third-order valence-electron chi connectivity index (χ3n) is 3.92. The van der Waals surface area contributed by atoms with E-state index in [1.807, 2.05) is 18.4 Å². The second-order valence-corrected chi connectivity index (χ2v) is 5.57. The number of Topliss-reactive ketones (excluding diaryl/α,β-unsaturated/α-hetero) is 1. The van der Waals surface area contributed by atoms with Crippen LogP contribution >= 0.6 is 0 Å². The van der Waals surface area contributed by atoms with Gasteiger partial charge in [0, 0.05) is 29.1 Å². The molecule has 0 fully saturated rings. The molecule has 0 amide bonds. The van der Waals surface area contributed by atoms with Gasteiger partial charge in [0.15, 0.2) is 0 Å². The highest BCUT2D eigenvalue weighted by Gasteiger charge is 2.20. The van der Waals surface area contributed by atoms with Crippen molar-refractivity contribution in [1.29, 1.82) is 5.26 Å². The summed E-state index contributed by atoms with van der Waals surface area (Å²) in [5, 5.41) is 9.28. The Balaban J connectivity index is 2.50. The van der Waals surface area contributed by atoms with Crippen LogP contribution < -0.4 is 0 Å². The van der Waals surface area contributed by atoms with E-state index >= 15 is 0 Å². The summed E-state index contributed by atoms with van der Waals surface area (Å²) in [6.07, 6.45) is 1.88. The largest absolute Gasteiger partial charge is 0.348 e. The van der Waals surface area contributed by atoms with Crippen LogP contribution in [-0.4, -0.2) is 10.4 Å². The first-order chi connectivity index (χ1) is 11.4. The molecule has 0 saturated heterocycles. The maximum Gasteiger partial charge on any atom is 0.205 e. The van der Waals surface area contributed by atoms with E-state index in [0.29, 0.717) is 5.56 Å². The molecule has 5 heteroatoms. The summed E-state index contributed by atoms with van der Waals surface area (Å²) < 4.78 is 29.5. The van der Waals surface area contributed by atoms with Gasteiger partial charge in [-0.25, -0.2) is 8.78 Å². The second kappa shape index (κ2) is 7.22. The van der Waals surface area contributed by atoms with Crippen LogP contribution in [0.4, 0.5) is 8.78 Å². The number of benzene rings is 1. The summed E-state index contributed by atoms with van der Waals surface area (Å²) in [5.74, 6) is -2.16. The maximum atomic E-state index is 13.8. The zero-order valence-electron chi connectivity index (χ0n) is 13.9. The summed E-state index contributed by atoms with van der Waals surface area (Å²) in [5.41, 5.74) is 1.35. The molecule has 0 bridgehead atoms. The molecule has 0 atom stereocenters. The Kier molecular flexibility index (Phi) is 5.30. The van der Waals surface area contributed by atoms with Crippen LogP contribution in [0.1, 0.15) is 40.7 Å². The Morgan fingerprint density at radius 1 is 1.29 bits per heavy atom. The van der Waals surface area contributed by atoms with Crippen molar-refractivity contribution in [3.8, 4) is 6.07 Å². The summed E-state index contributed by atoms with van der Waals surface area (Å²) in [6.45, 7) is 6.47. The molecule has 124 valence electrons. The average Bonchev–Trinajstić information content (AvgIpc) is 2.83. The molecule has 0 saturated carbocycles. The lowest BCUT2D eigenvalue weighted by Gasteiger charge is -2.07. The quantitative estimate of drug-likeness (QED) is 0.458. The number of aryl methyl sites for hydroxylation is 1. The third kappa shape index (κ3) is 3.28. The average molecular weight is 328 g/mol. The number of hydrogen-bond acceptors (Lipinski definition) is 2. The van der Waals surface area contributed by atoms with E-state index in [-0.39, 0.29) is 11.1 Å². The minimum atomic E-state index is -0.813. The minimum absolute atomic E-state index is 0.296. The molecule has 1 aromatic heterocycles. The summed E-state index contributed by atoms with van der Waals surface area (Å²) in [7, 11) is 0. The van der Waals surface area contributed by atoms with Gasteiger partial charge in [-0.3, -0.25) is 4.79 Å². The second-order valence-electron chi connectivity index (χ2n) is 5.57. The Morgan fingerprint density at radius 2 is 1.92 bits per heavy atom. The van der Waals surface area contributed by atoms with E-state index in [1.165, 1.54) is 6.07 Å². The van der Waals surface area contributed by atoms with Crippen LogP contribution in [0.3, 0.4) is 0 Å². The number of nitrogens with zero attached hydrogens (tertiary/aromatic N) is 2. The first-order valence-electron chi connectivity index (χ1n) is 7.67. The molecule has 0 unspecified atom stereocenters. The van der Waals surface area contributed by atoms with Crippen LogP contribution in [0.25, 0.3) is 6.08 Å². The Labute approximate surface area is 139 Å². The molecule has 2 rings (SSSR count). The molecule has 2 aromatic rings. The zero-order chi connectivity index (χ0) is 17.9. The number of nitriles is 1. The third-order valence-corrected chi connectivity index (χ3v) is 3.92. The number of ketones is 1. The van der Waals surface area contributed by atoms with E-state index in [1.54, 1.807) is 19.1 Å². The van der Waals surface area contributed by atoms with Crippen molar-refractivity contribution in [3.63, 3.8) is 0 Å². The summed E-state index contributed by atoms with van der Waals surface area (Å²) in [6, 6.07) is 6.86. The molecule has 0 aliphatic heterocycles. The first kappa shape index (κ1) is 17.6. The molecule has 24 heavy (non-hydrogen) atoms. The van der Waals surface area contributed by atoms with Crippen molar-refractivity contribution in [2.45, 2.75) is 33.7 Å². The van der Waals surface area contributed by atoms with Gasteiger partial charge < -0.3 is 4.57 Å². The topological polar surface area (TPSA) is 45.8 Å². The Morgan fingerprint density at radius 3 is 2.46 bits per heavy atom. The van der Waals surface area contributed by atoms with Crippen LogP contribution in [0, 0.1) is 36.8 Å². The van der Waals surface area contributed by atoms with Gasteiger partial charge in [-0.1, -0.05) is 13.0 Å². The predicted octanol–water partition coefficient (Wildman–Crippen LogP) is 4.58. The van der Waals surface area contributed by atoms with E-state index in [4.69, 9.17) is 0 Å². The Bertz CT molecular complexity index is 837. The predicted molar refractivity (Wildman–Crippen MR) is 88.5 cm³/mol. The van der Waals surface area contributed by atoms with Gasteiger partial charge in [0.25, 0.3) is 0 Å². The molecular weight excluding hydrogens is 310 g/mol. The number of carbonyl (C=O) groups excluding carboxylic acids is 1. The number of rotatable bonds is 5. The molecule has 0 spiro atoms. The smallest absolute Gasteiger partial charge is 0.205 e. The summed E-state index contributed by atoms with van der Waals surface area (Å²) in [4.78, 5) is 12.6. The van der Waals surface area contributed by atoms with Gasteiger partial charge in [-0.05, 0) is 44.5 Å². The first-order valence-corrected chi connectivity index (χ1v) is 7.67. The van der Waals surface area contributed by atoms with E-state index in [9.17, 15) is 18.8 Å². The highest BCUT2D eigenvalue weighted by Crippen LogP contribution is 2.22. The van der Waals surface area contributed by atoms with Crippen LogP contribution in [0.15, 0.2) is 29.8 Å². The van der Waals surface area contributed by atoms with Gasteiger partial charge in [0.05, 0.1) is 0 Å². The molecule has 1 heterocycles. The standard InChI is InChI=1S/C19H18F2N2O/c1-4-8-23-12(2)9-15(13(23)3)19(24)14(11-22)10-16-17(20)6-5-7-18(16)21/h5-7,9-10H,4,8H2,1-3H3/b14-10+. The van der Waals surface area contributed by atoms with E-state index in [0.717, 1.165) is 42.6 Å². The van der Waals surface area contributed by atoms with Gasteiger partial charge >= 0.3 is 0 Å². The monoisotopic (exact) mass is 328 g/mol. The number of hydrogen-bond donors (Lipinski definition) is 0. The lowest BCUT2D eigenvalue weighted by Crippen LogP contribution is -2.06. The lowest BCUT2D eigenvalue weighted by atomic mass is 10.0. The number of aromatic nitrogens is 1. The normalized spacial score (nSPS) is 11.4. The van der Waals surface area contributed by atoms with Crippen molar-refractivity contribution in [2.75, 3.05) is 0 Å². The molecule has 0 aliphatic carbocycles. The minimum Gasteiger partial charge on any atom is -0.348 e. The summed E-state index contributed by atoms with van der Waals surface area (Å²) >= 11 is 0. The van der Waals surface area contributed by atoms with Crippen LogP contribution in [-0.2, 0) is 6.54 Å². The fourth-order valence-corrected chi connectivity index (χ4v) is 2.69. The van der Waals surface area contributed by atoms with Crippen molar-refractivity contribution >= 4 is 11.9 Å². The highest BCUT2D eigenvalue weighted by molar-refractivity contribution is 6.14. The van der Waals surface area contributed by atoms with Crippen molar-refractivity contribution < 1.29 is 13.6 Å². The van der Waals surface area contributed by atoms with Gasteiger partial charge in [0.2, 0.25) is 5.78 Å². The SMILES string of the molecule is CCCn1c(C)cc(C(=O)/C(C#N)=C/c2c(F)cccc2F)c1C. The zero-order valence-corrected chi connectivity index (χ0v) is 13.9. The molecular formula is C19H18F2N2O. The van der Waals surface area contributed by atoms with Crippen LogP contribution in [0.5, 0.6) is 0 Å². The molecule has 3 nitrogen and oxygen atoms in total. The van der Waals surface area contributed by atoms with Gasteiger partial charge in [0.1, 0.15) is 23.3 Å². The van der Waals surface area contributed by atoms with Gasteiger partial charge in [-0.2, -0.15) is 5.26 Å². The number of carbonyl (C=O) groups is 1. The van der Waals surface area contributed by atoms with Crippen molar-refractivity contribution in [2.24, 2.45) is 0 Å². The highest BCUT2D eigenvalue weighted by atomic mass is 19.1. The molecule has 0 N–H and O–H groups in total.